The van der Waals surface area contributed by atoms with Gasteiger partial charge in [-0.2, -0.15) is 0 Å². The zero-order valence-corrected chi connectivity index (χ0v) is 11.2. The summed E-state index contributed by atoms with van der Waals surface area (Å²) in [4.78, 5) is 11.0. The van der Waals surface area contributed by atoms with E-state index in [1.807, 2.05) is 0 Å². The molecule has 1 saturated heterocycles. The number of hydrogen-bond donors (Lipinski definition) is 0. The summed E-state index contributed by atoms with van der Waals surface area (Å²) in [5.41, 5.74) is 0. The van der Waals surface area contributed by atoms with Crippen LogP contribution in [0.3, 0.4) is 0 Å². The molecule has 1 heterocycles. The summed E-state index contributed by atoms with van der Waals surface area (Å²) < 4.78 is 10.1. The Kier molecular flexibility index (Phi) is 7.06. The summed E-state index contributed by atoms with van der Waals surface area (Å²) in [7, 11) is 0. The Balaban J connectivity index is 2.29. The quantitative estimate of drug-likeness (QED) is 0.446. The van der Waals surface area contributed by atoms with Gasteiger partial charge in [0.2, 0.25) is 0 Å². The van der Waals surface area contributed by atoms with E-state index < -0.39 is 6.16 Å². The van der Waals surface area contributed by atoms with Crippen LogP contribution in [0.1, 0.15) is 65.2 Å². The van der Waals surface area contributed by atoms with Crippen molar-refractivity contribution in [2.75, 3.05) is 6.61 Å². The van der Waals surface area contributed by atoms with Crippen LogP contribution in [-0.2, 0) is 9.47 Å². The first-order valence-electron chi connectivity index (χ1n) is 7.11. The van der Waals surface area contributed by atoms with E-state index in [1.54, 1.807) is 0 Å². The van der Waals surface area contributed by atoms with Crippen LogP contribution in [0.15, 0.2) is 0 Å². The molecule has 17 heavy (non-hydrogen) atoms. The molecule has 0 aromatic carbocycles. The van der Waals surface area contributed by atoms with Crippen molar-refractivity contribution in [3.05, 3.63) is 0 Å². The standard InChI is InChI=1S/C14H26O3/c1-3-5-7-8-10-12(9-6-4-2)13-11-16-14(15)17-13/h12-13H,3-11H2,1-2H3. The van der Waals surface area contributed by atoms with Gasteiger partial charge < -0.3 is 9.47 Å². The number of carbonyl (C=O) groups excluding carboxylic acids is 1. The van der Waals surface area contributed by atoms with Gasteiger partial charge in [-0.1, -0.05) is 52.4 Å². The third kappa shape index (κ3) is 5.42. The fourth-order valence-electron chi connectivity index (χ4n) is 2.39. The minimum Gasteiger partial charge on any atom is -0.430 e. The number of carbonyl (C=O) groups is 1. The van der Waals surface area contributed by atoms with E-state index in [9.17, 15) is 4.79 Å². The molecule has 1 rings (SSSR count). The molecular weight excluding hydrogens is 216 g/mol. The van der Waals surface area contributed by atoms with Gasteiger partial charge in [0.1, 0.15) is 12.7 Å². The number of hydrogen-bond acceptors (Lipinski definition) is 3. The molecule has 1 aliphatic heterocycles. The minimum atomic E-state index is -0.481. The molecule has 3 nitrogen and oxygen atoms in total. The molecule has 100 valence electrons. The molecule has 1 fully saturated rings. The molecule has 0 aromatic heterocycles. The number of cyclic esters (lactones) is 2. The van der Waals surface area contributed by atoms with Crippen molar-refractivity contribution < 1.29 is 14.3 Å². The smallest absolute Gasteiger partial charge is 0.430 e. The van der Waals surface area contributed by atoms with E-state index in [2.05, 4.69) is 13.8 Å². The second-order valence-corrected chi connectivity index (χ2v) is 4.97. The Bertz CT molecular complexity index is 216. The topological polar surface area (TPSA) is 35.5 Å². The van der Waals surface area contributed by atoms with Gasteiger partial charge in [-0.3, -0.25) is 0 Å². The molecule has 0 radical (unpaired) electrons. The Hall–Kier alpha value is -0.730. The van der Waals surface area contributed by atoms with E-state index in [0.29, 0.717) is 12.5 Å². The third-order valence-electron chi connectivity index (χ3n) is 3.50. The molecule has 3 heteroatoms. The second kappa shape index (κ2) is 8.37. The maximum absolute atomic E-state index is 11.0. The average Bonchev–Trinajstić information content (AvgIpc) is 2.75. The van der Waals surface area contributed by atoms with Gasteiger partial charge in [0.05, 0.1) is 0 Å². The maximum atomic E-state index is 11.0. The lowest BCUT2D eigenvalue weighted by Crippen LogP contribution is -2.23. The van der Waals surface area contributed by atoms with Gasteiger partial charge in [-0.25, -0.2) is 4.79 Å². The van der Waals surface area contributed by atoms with E-state index in [4.69, 9.17) is 9.47 Å². The molecule has 0 aliphatic carbocycles. The monoisotopic (exact) mass is 242 g/mol. The maximum Gasteiger partial charge on any atom is 0.508 e. The molecule has 0 amide bonds. The van der Waals surface area contributed by atoms with Crippen molar-refractivity contribution in [1.82, 2.24) is 0 Å². The van der Waals surface area contributed by atoms with Crippen LogP contribution in [0.2, 0.25) is 0 Å². The summed E-state index contributed by atoms with van der Waals surface area (Å²) in [5.74, 6) is 0.498. The van der Waals surface area contributed by atoms with Crippen molar-refractivity contribution in [3.63, 3.8) is 0 Å². The first-order valence-corrected chi connectivity index (χ1v) is 7.11. The van der Waals surface area contributed by atoms with Gasteiger partial charge in [-0.05, 0) is 18.8 Å². The van der Waals surface area contributed by atoms with E-state index in [-0.39, 0.29) is 6.10 Å². The molecule has 0 aromatic rings. The van der Waals surface area contributed by atoms with Gasteiger partial charge in [0.15, 0.2) is 0 Å². The van der Waals surface area contributed by atoms with Crippen molar-refractivity contribution in [2.24, 2.45) is 5.92 Å². The van der Waals surface area contributed by atoms with Crippen LogP contribution in [0, 0.1) is 5.92 Å². The Morgan fingerprint density at radius 2 is 1.82 bits per heavy atom. The molecule has 2 unspecified atom stereocenters. The average molecular weight is 242 g/mol. The normalized spacial score (nSPS) is 21.1. The third-order valence-corrected chi connectivity index (χ3v) is 3.50. The predicted octanol–water partition coefficient (Wildman–Crippen LogP) is 4.30. The molecule has 2 atom stereocenters. The molecule has 0 bridgehead atoms. The van der Waals surface area contributed by atoms with Crippen LogP contribution in [0.25, 0.3) is 0 Å². The summed E-state index contributed by atoms with van der Waals surface area (Å²) in [6, 6.07) is 0. The fraction of sp³-hybridized carbons (Fsp3) is 0.929. The van der Waals surface area contributed by atoms with E-state index in [0.717, 1.165) is 6.42 Å². The van der Waals surface area contributed by atoms with Crippen LogP contribution >= 0.6 is 0 Å². The summed E-state index contributed by atoms with van der Waals surface area (Å²) in [5, 5.41) is 0. The van der Waals surface area contributed by atoms with Gasteiger partial charge in [0.25, 0.3) is 0 Å². The minimum absolute atomic E-state index is 0.00989. The first kappa shape index (κ1) is 14.3. The first-order chi connectivity index (χ1) is 8.27. The highest BCUT2D eigenvalue weighted by Gasteiger charge is 2.31. The second-order valence-electron chi connectivity index (χ2n) is 4.97. The highest BCUT2D eigenvalue weighted by Crippen LogP contribution is 2.26. The van der Waals surface area contributed by atoms with Gasteiger partial charge >= 0.3 is 6.16 Å². The number of ether oxygens (including phenoxy) is 2. The molecule has 0 N–H and O–H groups in total. The molecule has 0 spiro atoms. The zero-order chi connectivity index (χ0) is 12.5. The van der Waals surface area contributed by atoms with Gasteiger partial charge in [-0.15, -0.1) is 0 Å². The lowest BCUT2D eigenvalue weighted by molar-refractivity contribution is 0.0911. The summed E-state index contributed by atoms with van der Waals surface area (Å²) >= 11 is 0. The Morgan fingerprint density at radius 3 is 2.41 bits per heavy atom. The Labute approximate surface area is 105 Å². The van der Waals surface area contributed by atoms with Crippen LogP contribution in [-0.4, -0.2) is 18.9 Å². The molecular formula is C14H26O3. The largest absolute Gasteiger partial charge is 0.508 e. The summed E-state index contributed by atoms with van der Waals surface area (Å²) in [6.45, 7) is 4.88. The van der Waals surface area contributed by atoms with Crippen LogP contribution in [0.5, 0.6) is 0 Å². The number of unbranched alkanes of at least 4 members (excludes halogenated alkanes) is 4. The van der Waals surface area contributed by atoms with E-state index in [1.165, 1.54) is 44.9 Å². The molecule has 0 saturated carbocycles. The lowest BCUT2D eigenvalue weighted by atomic mass is 9.90. The highest BCUT2D eigenvalue weighted by molar-refractivity contribution is 5.61. The van der Waals surface area contributed by atoms with Crippen molar-refractivity contribution in [2.45, 2.75) is 71.3 Å². The van der Waals surface area contributed by atoms with Crippen LogP contribution < -0.4 is 0 Å². The zero-order valence-electron chi connectivity index (χ0n) is 11.2. The predicted molar refractivity (Wildman–Crippen MR) is 68.0 cm³/mol. The van der Waals surface area contributed by atoms with Crippen molar-refractivity contribution in [1.29, 1.82) is 0 Å². The highest BCUT2D eigenvalue weighted by atomic mass is 16.8. The summed E-state index contributed by atoms with van der Waals surface area (Å²) in [6.07, 6.45) is 9.38. The lowest BCUT2D eigenvalue weighted by Gasteiger charge is -2.20. The van der Waals surface area contributed by atoms with Crippen molar-refractivity contribution in [3.8, 4) is 0 Å². The Morgan fingerprint density at radius 1 is 1.12 bits per heavy atom. The molecule has 1 aliphatic rings. The SMILES string of the molecule is CCCCCCC(CCCC)C1COC(=O)O1. The van der Waals surface area contributed by atoms with E-state index >= 15 is 0 Å². The van der Waals surface area contributed by atoms with Crippen molar-refractivity contribution >= 4 is 6.16 Å². The fourth-order valence-corrected chi connectivity index (χ4v) is 2.39. The van der Waals surface area contributed by atoms with Crippen LogP contribution in [0.4, 0.5) is 4.79 Å². The van der Waals surface area contributed by atoms with Gasteiger partial charge in [0, 0.05) is 0 Å². The number of rotatable bonds is 9.